The zero-order chi connectivity index (χ0) is 21.3. The molecule has 4 rings (SSSR count). The van der Waals surface area contributed by atoms with Crippen LogP contribution in [0.2, 0.25) is 0 Å². The first-order chi connectivity index (χ1) is 14.5. The maximum Gasteiger partial charge on any atom is 0.411 e. The third kappa shape index (κ3) is 3.48. The van der Waals surface area contributed by atoms with Gasteiger partial charge in [-0.1, -0.05) is 48.5 Å². The average Bonchev–Trinajstić information content (AvgIpc) is 3.06. The number of anilines is 1. The van der Waals surface area contributed by atoms with E-state index in [9.17, 15) is 14.7 Å². The van der Waals surface area contributed by atoms with Gasteiger partial charge in [0.05, 0.1) is 18.4 Å². The molecular formula is C24H21NO5. The summed E-state index contributed by atoms with van der Waals surface area (Å²) in [5, 5.41) is 11.9. The molecule has 2 N–H and O–H groups in total. The number of aromatic carboxylic acids is 1. The third-order valence-corrected chi connectivity index (χ3v) is 5.31. The minimum absolute atomic E-state index is 0.0576. The number of aryl methyl sites for hydroxylation is 1. The van der Waals surface area contributed by atoms with Gasteiger partial charge in [0.1, 0.15) is 12.4 Å². The van der Waals surface area contributed by atoms with Gasteiger partial charge in [-0.3, -0.25) is 5.32 Å². The lowest BCUT2D eigenvalue weighted by atomic mass is 9.98. The summed E-state index contributed by atoms with van der Waals surface area (Å²) < 4.78 is 10.8. The van der Waals surface area contributed by atoms with Gasteiger partial charge in [0.2, 0.25) is 0 Å². The number of fused-ring (bicyclic) bond motifs is 3. The molecule has 0 spiro atoms. The normalized spacial score (nSPS) is 12.1. The Morgan fingerprint density at radius 1 is 1.00 bits per heavy atom. The second-order valence-corrected chi connectivity index (χ2v) is 7.13. The molecule has 0 unspecified atom stereocenters. The van der Waals surface area contributed by atoms with E-state index in [4.69, 9.17) is 9.47 Å². The molecular weight excluding hydrogens is 382 g/mol. The van der Waals surface area contributed by atoms with Gasteiger partial charge in [-0.2, -0.15) is 0 Å². The third-order valence-electron chi connectivity index (χ3n) is 5.31. The number of amides is 1. The van der Waals surface area contributed by atoms with Crippen molar-refractivity contribution in [3.63, 3.8) is 0 Å². The standard InChI is InChI=1S/C24H21NO5/c1-14-11-15(23(26)27)12-21(22(14)29-2)25-24(28)30-13-20-18-9-5-3-7-16(18)17-8-4-6-10-19(17)20/h3-12,20H,13H2,1-2H3,(H,25,28)(H,26,27). The van der Waals surface area contributed by atoms with E-state index in [1.807, 2.05) is 36.4 Å². The van der Waals surface area contributed by atoms with Gasteiger partial charge in [0.15, 0.2) is 0 Å². The van der Waals surface area contributed by atoms with E-state index in [-0.39, 0.29) is 23.8 Å². The number of rotatable bonds is 5. The number of nitrogens with one attached hydrogen (secondary N) is 1. The van der Waals surface area contributed by atoms with Crippen LogP contribution in [0.15, 0.2) is 60.7 Å². The van der Waals surface area contributed by atoms with Crippen LogP contribution in [0, 0.1) is 6.92 Å². The predicted molar refractivity (Wildman–Crippen MR) is 113 cm³/mol. The van der Waals surface area contributed by atoms with E-state index in [1.54, 1.807) is 6.92 Å². The van der Waals surface area contributed by atoms with Crippen LogP contribution in [-0.4, -0.2) is 30.9 Å². The molecule has 0 aromatic heterocycles. The van der Waals surface area contributed by atoms with Crippen LogP contribution in [0.5, 0.6) is 5.75 Å². The molecule has 152 valence electrons. The summed E-state index contributed by atoms with van der Waals surface area (Å²) in [7, 11) is 1.46. The van der Waals surface area contributed by atoms with Crippen molar-refractivity contribution >= 4 is 17.7 Å². The van der Waals surface area contributed by atoms with Crippen molar-refractivity contribution in [2.45, 2.75) is 12.8 Å². The second-order valence-electron chi connectivity index (χ2n) is 7.13. The Kier molecular flexibility index (Phi) is 5.14. The number of carbonyl (C=O) groups excluding carboxylic acids is 1. The zero-order valence-electron chi connectivity index (χ0n) is 16.6. The molecule has 0 bridgehead atoms. The number of ether oxygens (including phenoxy) is 2. The summed E-state index contributed by atoms with van der Waals surface area (Å²) in [6.45, 7) is 1.88. The molecule has 1 aliphatic carbocycles. The van der Waals surface area contributed by atoms with Gasteiger partial charge in [0, 0.05) is 5.92 Å². The topological polar surface area (TPSA) is 84.9 Å². The van der Waals surface area contributed by atoms with Gasteiger partial charge >= 0.3 is 12.1 Å². The highest BCUT2D eigenvalue weighted by molar-refractivity contribution is 5.93. The largest absolute Gasteiger partial charge is 0.494 e. The monoisotopic (exact) mass is 403 g/mol. The highest BCUT2D eigenvalue weighted by Crippen LogP contribution is 2.44. The van der Waals surface area contributed by atoms with Crippen molar-refractivity contribution in [2.24, 2.45) is 0 Å². The van der Waals surface area contributed by atoms with E-state index >= 15 is 0 Å². The maximum absolute atomic E-state index is 12.5. The quantitative estimate of drug-likeness (QED) is 0.622. The lowest BCUT2D eigenvalue weighted by Crippen LogP contribution is -2.18. The number of carboxylic acid groups (broad SMARTS) is 1. The molecule has 6 heteroatoms. The van der Waals surface area contributed by atoms with Gasteiger partial charge in [-0.25, -0.2) is 9.59 Å². The van der Waals surface area contributed by atoms with Crippen molar-refractivity contribution in [1.82, 2.24) is 0 Å². The number of hydrogen-bond acceptors (Lipinski definition) is 4. The molecule has 0 heterocycles. The fraction of sp³-hybridized carbons (Fsp3) is 0.167. The lowest BCUT2D eigenvalue weighted by Gasteiger charge is -2.16. The molecule has 0 radical (unpaired) electrons. The van der Waals surface area contributed by atoms with Crippen LogP contribution in [0.3, 0.4) is 0 Å². The number of carboxylic acids is 1. The number of benzene rings is 3. The summed E-state index contributed by atoms with van der Waals surface area (Å²) in [4.78, 5) is 23.9. The van der Waals surface area contributed by atoms with Crippen LogP contribution < -0.4 is 10.1 Å². The summed E-state index contributed by atoms with van der Waals surface area (Å²) in [6, 6.07) is 19.0. The molecule has 3 aromatic carbocycles. The van der Waals surface area contributed by atoms with Gasteiger partial charge in [-0.15, -0.1) is 0 Å². The molecule has 30 heavy (non-hydrogen) atoms. The highest BCUT2D eigenvalue weighted by Gasteiger charge is 2.29. The van der Waals surface area contributed by atoms with Gasteiger partial charge in [0.25, 0.3) is 0 Å². The number of methoxy groups -OCH3 is 1. The molecule has 0 saturated heterocycles. The average molecular weight is 403 g/mol. The minimum atomic E-state index is -1.09. The maximum atomic E-state index is 12.5. The summed E-state index contributed by atoms with van der Waals surface area (Å²) in [6.07, 6.45) is -0.669. The van der Waals surface area contributed by atoms with Crippen molar-refractivity contribution in [3.8, 4) is 16.9 Å². The van der Waals surface area contributed by atoms with Crippen LogP contribution in [0.4, 0.5) is 10.5 Å². The van der Waals surface area contributed by atoms with Crippen molar-refractivity contribution in [1.29, 1.82) is 0 Å². The minimum Gasteiger partial charge on any atom is -0.494 e. The van der Waals surface area contributed by atoms with Crippen molar-refractivity contribution < 1.29 is 24.2 Å². The van der Waals surface area contributed by atoms with Gasteiger partial charge < -0.3 is 14.6 Å². The fourth-order valence-corrected chi connectivity index (χ4v) is 4.01. The van der Waals surface area contributed by atoms with E-state index < -0.39 is 12.1 Å². The van der Waals surface area contributed by atoms with E-state index in [0.29, 0.717) is 11.3 Å². The highest BCUT2D eigenvalue weighted by atomic mass is 16.5. The van der Waals surface area contributed by atoms with E-state index in [0.717, 1.165) is 22.3 Å². The Bertz CT molecular complexity index is 1090. The molecule has 0 saturated carbocycles. The molecule has 3 aromatic rings. The van der Waals surface area contributed by atoms with Crippen LogP contribution in [-0.2, 0) is 4.74 Å². The molecule has 6 nitrogen and oxygen atoms in total. The van der Waals surface area contributed by atoms with Crippen molar-refractivity contribution in [3.05, 3.63) is 82.9 Å². The van der Waals surface area contributed by atoms with Crippen LogP contribution in [0.25, 0.3) is 11.1 Å². The van der Waals surface area contributed by atoms with E-state index in [1.165, 1.54) is 19.2 Å². The Morgan fingerprint density at radius 3 is 2.17 bits per heavy atom. The first kappa shape index (κ1) is 19.5. The first-order valence-corrected chi connectivity index (χ1v) is 9.53. The van der Waals surface area contributed by atoms with Crippen LogP contribution >= 0.6 is 0 Å². The smallest absolute Gasteiger partial charge is 0.411 e. The SMILES string of the molecule is COc1c(C)cc(C(=O)O)cc1NC(=O)OCC1c2ccccc2-c2ccccc21. The Morgan fingerprint density at radius 2 is 1.60 bits per heavy atom. The fourth-order valence-electron chi connectivity index (χ4n) is 4.01. The van der Waals surface area contributed by atoms with Gasteiger partial charge in [-0.05, 0) is 46.9 Å². The Hall–Kier alpha value is -3.80. The molecule has 1 amide bonds. The van der Waals surface area contributed by atoms with E-state index in [2.05, 4.69) is 17.4 Å². The first-order valence-electron chi connectivity index (χ1n) is 9.53. The second kappa shape index (κ2) is 7.91. The van der Waals surface area contributed by atoms with Crippen molar-refractivity contribution in [2.75, 3.05) is 19.0 Å². The Balaban J connectivity index is 1.53. The van der Waals surface area contributed by atoms with Crippen LogP contribution in [0.1, 0.15) is 33.0 Å². The summed E-state index contributed by atoms with van der Waals surface area (Å²) >= 11 is 0. The Labute approximate surface area is 174 Å². The predicted octanol–water partition coefficient (Wildman–Crippen LogP) is 5.06. The number of hydrogen-bond donors (Lipinski definition) is 2. The summed E-state index contributed by atoms with van der Waals surface area (Å²) in [5.74, 6) is -0.748. The molecule has 0 atom stereocenters. The summed E-state index contributed by atoms with van der Waals surface area (Å²) in [5.41, 5.74) is 5.45. The molecule has 0 aliphatic heterocycles. The molecule has 1 aliphatic rings. The zero-order valence-corrected chi connectivity index (χ0v) is 16.6. The molecule has 0 fully saturated rings. The lowest BCUT2D eigenvalue weighted by molar-refractivity contribution is 0.0696. The number of carbonyl (C=O) groups is 2.